The maximum Gasteiger partial charge on any atom is 0.196 e. The number of nitrogens with zero attached hydrogens (tertiary/aromatic N) is 5. The Hall–Kier alpha value is -3.06. The van der Waals surface area contributed by atoms with Crippen molar-refractivity contribution in [3.8, 4) is 17.1 Å². The van der Waals surface area contributed by atoms with E-state index in [4.69, 9.17) is 4.74 Å². The molecule has 26 heavy (non-hydrogen) atoms. The first-order chi connectivity index (χ1) is 12.8. The molecule has 0 fully saturated rings. The van der Waals surface area contributed by atoms with Gasteiger partial charge >= 0.3 is 0 Å². The minimum atomic E-state index is 0.790. The minimum absolute atomic E-state index is 0.790. The molecule has 2 heterocycles. The quantitative estimate of drug-likeness (QED) is 0.488. The van der Waals surface area contributed by atoms with E-state index >= 15 is 0 Å². The van der Waals surface area contributed by atoms with Gasteiger partial charge in [-0.2, -0.15) is 5.10 Å². The third kappa shape index (κ3) is 3.34. The van der Waals surface area contributed by atoms with Crippen LogP contribution in [0.2, 0.25) is 0 Å². The Labute approximate surface area is 155 Å². The average molecular weight is 363 g/mol. The van der Waals surface area contributed by atoms with Crippen molar-refractivity contribution in [1.29, 1.82) is 0 Å². The van der Waals surface area contributed by atoms with Crippen molar-refractivity contribution < 1.29 is 4.74 Å². The molecule has 0 bridgehead atoms. The van der Waals surface area contributed by atoms with Crippen LogP contribution in [0.1, 0.15) is 5.56 Å². The molecule has 0 atom stereocenters. The summed E-state index contributed by atoms with van der Waals surface area (Å²) in [6, 6.07) is 18.1. The van der Waals surface area contributed by atoms with Crippen LogP contribution < -0.4 is 4.74 Å². The molecule has 0 N–H and O–H groups in total. The summed E-state index contributed by atoms with van der Waals surface area (Å²) in [5.41, 5.74) is 3.18. The fraction of sp³-hybridized carbons (Fsp3) is 0.105. The second-order valence-corrected chi connectivity index (χ2v) is 6.50. The van der Waals surface area contributed by atoms with E-state index in [0.717, 1.165) is 28.0 Å². The molecule has 2 aromatic heterocycles. The highest BCUT2D eigenvalue weighted by atomic mass is 32.2. The smallest absolute Gasteiger partial charge is 0.196 e. The van der Waals surface area contributed by atoms with Crippen molar-refractivity contribution in [2.75, 3.05) is 7.11 Å². The topological polar surface area (TPSA) is 57.8 Å². The second kappa shape index (κ2) is 7.45. The van der Waals surface area contributed by atoms with E-state index in [0.29, 0.717) is 0 Å². The van der Waals surface area contributed by atoms with Crippen LogP contribution in [0.25, 0.3) is 11.4 Å². The summed E-state index contributed by atoms with van der Waals surface area (Å²) in [6.07, 6.45) is 5.41. The molecule has 0 unspecified atom stereocenters. The summed E-state index contributed by atoms with van der Waals surface area (Å²) in [5, 5.41) is 13.4. The maximum absolute atomic E-state index is 5.44. The van der Waals surface area contributed by atoms with Gasteiger partial charge in [-0.05, 0) is 35.9 Å². The zero-order valence-electron chi connectivity index (χ0n) is 14.2. The molecule has 0 aliphatic rings. The molecule has 7 heteroatoms. The normalized spacial score (nSPS) is 10.8. The lowest BCUT2D eigenvalue weighted by Gasteiger charge is -2.10. The Kier molecular flexibility index (Phi) is 4.70. The third-order valence-corrected chi connectivity index (χ3v) is 4.95. The summed E-state index contributed by atoms with van der Waals surface area (Å²) < 4.78 is 9.23. The summed E-state index contributed by atoms with van der Waals surface area (Å²) in [4.78, 5) is 0. The fourth-order valence-corrected chi connectivity index (χ4v) is 3.51. The van der Waals surface area contributed by atoms with E-state index in [1.165, 1.54) is 5.56 Å². The van der Waals surface area contributed by atoms with Crippen molar-refractivity contribution >= 4 is 11.8 Å². The Bertz CT molecular complexity index is 979. The number of benzene rings is 2. The number of thioether (sulfide) groups is 1. The molecule has 2 aromatic carbocycles. The van der Waals surface area contributed by atoms with Gasteiger partial charge in [0.1, 0.15) is 12.1 Å². The van der Waals surface area contributed by atoms with Crippen molar-refractivity contribution in [2.24, 2.45) is 0 Å². The maximum atomic E-state index is 5.44. The number of aromatic nitrogens is 5. The standard InChI is InChI=1S/C19H17N5OS/c1-25-18-6-3-2-5-17(18)23-14-20-22-19(23)26-13-15-7-9-16(10-8-15)24-12-4-11-21-24/h2-12,14H,13H2,1H3. The number of hydrogen-bond acceptors (Lipinski definition) is 5. The lowest BCUT2D eigenvalue weighted by Crippen LogP contribution is -1.99. The average Bonchev–Trinajstić information content (AvgIpc) is 3.38. The van der Waals surface area contributed by atoms with Crippen LogP contribution in [0.15, 0.2) is 78.5 Å². The van der Waals surface area contributed by atoms with Crippen LogP contribution in [0.3, 0.4) is 0 Å². The summed E-state index contributed by atoms with van der Waals surface area (Å²) >= 11 is 1.64. The van der Waals surface area contributed by atoms with Crippen LogP contribution in [0.4, 0.5) is 0 Å². The Morgan fingerprint density at radius 2 is 1.88 bits per heavy atom. The number of para-hydroxylation sites is 2. The molecule has 0 aliphatic carbocycles. The van der Waals surface area contributed by atoms with Gasteiger partial charge in [0.15, 0.2) is 5.16 Å². The molecule has 0 amide bonds. The largest absolute Gasteiger partial charge is 0.495 e. The molecule has 0 saturated carbocycles. The van der Waals surface area contributed by atoms with Crippen molar-refractivity contribution in [2.45, 2.75) is 10.9 Å². The molecule has 0 radical (unpaired) electrons. The monoisotopic (exact) mass is 363 g/mol. The van der Waals surface area contributed by atoms with E-state index in [1.54, 1.807) is 31.4 Å². The first kappa shape index (κ1) is 16.4. The first-order valence-corrected chi connectivity index (χ1v) is 9.09. The van der Waals surface area contributed by atoms with E-state index < -0.39 is 0 Å². The van der Waals surface area contributed by atoms with Crippen molar-refractivity contribution in [1.82, 2.24) is 24.5 Å². The van der Waals surface area contributed by atoms with Gasteiger partial charge in [0.05, 0.1) is 18.5 Å². The predicted octanol–water partition coefficient (Wildman–Crippen LogP) is 3.75. The molecule has 4 aromatic rings. The van der Waals surface area contributed by atoms with Gasteiger partial charge in [0.25, 0.3) is 0 Å². The van der Waals surface area contributed by atoms with Crippen LogP contribution in [-0.2, 0) is 5.75 Å². The van der Waals surface area contributed by atoms with Gasteiger partial charge < -0.3 is 4.74 Å². The second-order valence-electron chi connectivity index (χ2n) is 5.56. The molecule has 4 rings (SSSR count). The van der Waals surface area contributed by atoms with E-state index in [9.17, 15) is 0 Å². The van der Waals surface area contributed by atoms with Crippen molar-refractivity contribution in [3.05, 3.63) is 78.9 Å². The van der Waals surface area contributed by atoms with Gasteiger partial charge in [0.2, 0.25) is 0 Å². The molecule has 0 aliphatic heterocycles. The molecular formula is C19H17N5OS. The molecule has 6 nitrogen and oxygen atoms in total. The summed E-state index contributed by atoms with van der Waals surface area (Å²) in [7, 11) is 1.66. The van der Waals surface area contributed by atoms with E-state index in [2.05, 4.69) is 39.6 Å². The number of rotatable bonds is 6. The van der Waals surface area contributed by atoms with Gasteiger partial charge in [0, 0.05) is 18.1 Å². The highest BCUT2D eigenvalue weighted by Gasteiger charge is 2.11. The van der Waals surface area contributed by atoms with Crippen molar-refractivity contribution in [3.63, 3.8) is 0 Å². The molecule has 130 valence electrons. The number of methoxy groups -OCH3 is 1. The summed E-state index contributed by atoms with van der Waals surface area (Å²) in [5.74, 6) is 1.59. The van der Waals surface area contributed by atoms with Crippen LogP contribution >= 0.6 is 11.8 Å². The highest BCUT2D eigenvalue weighted by molar-refractivity contribution is 7.98. The van der Waals surface area contributed by atoms with Gasteiger partial charge in [-0.1, -0.05) is 36.0 Å². The minimum Gasteiger partial charge on any atom is -0.495 e. The van der Waals surface area contributed by atoms with Gasteiger partial charge in [-0.15, -0.1) is 10.2 Å². The SMILES string of the molecule is COc1ccccc1-n1cnnc1SCc1ccc(-n2cccn2)cc1. The molecule has 0 spiro atoms. The number of ether oxygens (including phenoxy) is 1. The van der Waals surface area contributed by atoms with Crippen LogP contribution in [-0.4, -0.2) is 31.7 Å². The Balaban J connectivity index is 1.50. The predicted molar refractivity (Wildman–Crippen MR) is 101 cm³/mol. The zero-order valence-corrected chi connectivity index (χ0v) is 15.0. The van der Waals surface area contributed by atoms with E-state index in [1.807, 2.05) is 45.8 Å². The first-order valence-electron chi connectivity index (χ1n) is 8.10. The lowest BCUT2D eigenvalue weighted by molar-refractivity contribution is 0.412. The number of hydrogen-bond donors (Lipinski definition) is 0. The fourth-order valence-electron chi connectivity index (χ4n) is 2.63. The van der Waals surface area contributed by atoms with Crippen LogP contribution in [0.5, 0.6) is 5.75 Å². The summed E-state index contributed by atoms with van der Waals surface area (Å²) in [6.45, 7) is 0. The molecular weight excluding hydrogens is 346 g/mol. The lowest BCUT2D eigenvalue weighted by atomic mass is 10.2. The molecule has 0 saturated heterocycles. The van der Waals surface area contributed by atoms with Crippen LogP contribution in [0, 0.1) is 0 Å². The van der Waals surface area contributed by atoms with E-state index in [-0.39, 0.29) is 0 Å². The Morgan fingerprint density at radius 3 is 2.65 bits per heavy atom. The Morgan fingerprint density at radius 1 is 1.04 bits per heavy atom. The third-order valence-electron chi connectivity index (χ3n) is 3.93. The zero-order chi connectivity index (χ0) is 17.8. The van der Waals surface area contributed by atoms with Gasteiger partial charge in [-0.25, -0.2) is 4.68 Å². The highest BCUT2D eigenvalue weighted by Crippen LogP contribution is 2.28. The van der Waals surface area contributed by atoms with Gasteiger partial charge in [-0.3, -0.25) is 4.57 Å².